The molecule has 0 atom stereocenters. The highest BCUT2D eigenvalue weighted by Crippen LogP contribution is 2.20. The van der Waals surface area contributed by atoms with Gasteiger partial charge in [0.25, 0.3) is 0 Å². The van der Waals surface area contributed by atoms with E-state index in [-0.39, 0.29) is 0 Å². The fourth-order valence-corrected chi connectivity index (χ4v) is 2.01. The van der Waals surface area contributed by atoms with Gasteiger partial charge >= 0.3 is 0 Å². The molecule has 2 heterocycles. The molecular weight excluding hydrogens is 206 g/mol. The van der Waals surface area contributed by atoms with Crippen molar-refractivity contribution >= 4 is 11.5 Å². The SMILES string of the molecule is CCNCc1cc(-c2ccncc2)ns1. The Morgan fingerprint density at radius 2 is 2.13 bits per heavy atom. The molecule has 2 rings (SSSR count). The highest BCUT2D eigenvalue weighted by atomic mass is 32.1. The molecule has 0 unspecified atom stereocenters. The fourth-order valence-electron chi connectivity index (χ4n) is 1.30. The molecule has 3 nitrogen and oxygen atoms in total. The summed E-state index contributed by atoms with van der Waals surface area (Å²) in [5.74, 6) is 0. The van der Waals surface area contributed by atoms with Crippen LogP contribution in [0, 0.1) is 0 Å². The second kappa shape index (κ2) is 5.00. The van der Waals surface area contributed by atoms with E-state index in [0.717, 1.165) is 24.3 Å². The molecule has 2 aromatic heterocycles. The van der Waals surface area contributed by atoms with Crippen LogP contribution in [-0.4, -0.2) is 15.9 Å². The van der Waals surface area contributed by atoms with Gasteiger partial charge in [0.05, 0.1) is 5.69 Å². The minimum atomic E-state index is 0.902. The maximum atomic E-state index is 4.41. The van der Waals surface area contributed by atoms with Gasteiger partial charge in [0.1, 0.15) is 0 Å². The van der Waals surface area contributed by atoms with Crippen molar-refractivity contribution in [3.05, 3.63) is 35.5 Å². The third-order valence-corrected chi connectivity index (χ3v) is 2.87. The molecule has 0 aromatic carbocycles. The predicted octanol–water partition coefficient (Wildman–Crippen LogP) is 2.31. The largest absolute Gasteiger partial charge is 0.312 e. The summed E-state index contributed by atoms with van der Waals surface area (Å²) in [6.45, 7) is 3.99. The average molecular weight is 219 g/mol. The number of nitrogens with one attached hydrogen (secondary N) is 1. The van der Waals surface area contributed by atoms with Crippen molar-refractivity contribution in [1.82, 2.24) is 14.7 Å². The van der Waals surface area contributed by atoms with Crippen molar-refractivity contribution in [3.63, 3.8) is 0 Å². The number of pyridine rings is 1. The van der Waals surface area contributed by atoms with Crippen LogP contribution in [0.2, 0.25) is 0 Å². The summed E-state index contributed by atoms with van der Waals surface area (Å²) in [5.41, 5.74) is 2.17. The summed E-state index contributed by atoms with van der Waals surface area (Å²) in [6, 6.07) is 6.08. The molecular formula is C11H13N3S. The molecule has 0 bridgehead atoms. The maximum Gasteiger partial charge on any atom is 0.0845 e. The lowest BCUT2D eigenvalue weighted by Gasteiger charge is -1.95. The molecule has 0 aliphatic carbocycles. The van der Waals surface area contributed by atoms with Gasteiger partial charge in [0.15, 0.2) is 0 Å². The Morgan fingerprint density at radius 1 is 1.33 bits per heavy atom. The smallest absolute Gasteiger partial charge is 0.0845 e. The Labute approximate surface area is 93.4 Å². The first-order chi connectivity index (χ1) is 7.40. The van der Waals surface area contributed by atoms with Crippen LogP contribution in [-0.2, 0) is 6.54 Å². The first-order valence-corrected chi connectivity index (χ1v) is 5.74. The Bertz CT molecular complexity index is 411. The molecule has 78 valence electrons. The number of hydrogen-bond acceptors (Lipinski definition) is 4. The standard InChI is InChI=1S/C11H13N3S/c1-2-12-8-10-7-11(14-15-10)9-3-5-13-6-4-9/h3-7,12H,2,8H2,1H3. The molecule has 15 heavy (non-hydrogen) atoms. The molecule has 1 N–H and O–H groups in total. The number of aromatic nitrogens is 2. The lowest BCUT2D eigenvalue weighted by molar-refractivity contribution is 0.735. The van der Waals surface area contributed by atoms with Gasteiger partial charge in [-0.1, -0.05) is 6.92 Å². The van der Waals surface area contributed by atoms with Gasteiger partial charge in [-0.05, 0) is 36.3 Å². The molecule has 0 radical (unpaired) electrons. The van der Waals surface area contributed by atoms with Gasteiger partial charge < -0.3 is 5.32 Å². The second-order valence-electron chi connectivity index (χ2n) is 3.19. The van der Waals surface area contributed by atoms with Gasteiger partial charge in [0.2, 0.25) is 0 Å². The summed E-state index contributed by atoms with van der Waals surface area (Å²) >= 11 is 1.55. The van der Waals surface area contributed by atoms with Crippen LogP contribution in [0.1, 0.15) is 11.8 Å². The van der Waals surface area contributed by atoms with Crippen LogP contribution in [0.4, 0.5) is 0 Å². The quantitative estimate of drug-likeness (QED) is 0.857. The van der Waals surface area contributed by atoms with E-state index >= 15 is 0 Å². The second-order valence-corrected chi connectivity index (χ2v) is 4.08. The van der Waals surface area contributed by atoms with E-state index in [4.69, 9.17) is 0 Å². The first kappa shape index (κ1) is 10.3. The van der Waals surface area contributed by atoms with Crippen molar-refractivity contribution in [2.45, 2.75) is 13.5 Å². The van der Waals surface area contributed by atoms with Gasteiger partial charge in [-0.25, -0.2) is 0 Å². The highest BCUT2D eigenvalue weighted by Gasteiger charge is 2.03. The van der Waals surface area contributed by atoms with E-state index < -0.39 is 0 Å². The molecule has 0 amide bonds. The van der Waals surface area contributed by atoms with E-state index in [0.29, 0.717) is 0 Å². The van der Waals surface area contributed by atoms with Crippen molar-refractivity contribution in [3.8, 4) is 11.3 Å². The van der Waals surface area contributed by atoms with Crippen LogP contribution in [0.25, 0.3) is 11.3 Å². The molecule has 0 aliphatic heterocycles. The molecule has 2 aromatic rings. The summed E-state index contributed by atoms with van der Waals surface area (Å²) in [4.78, 5) is 5.26. The normalized spacial score (nSPS) is 10.5. The Kier molecular flexibility index (Phi) is 3.42. The molecule has 0 aliphatic rings. The minimum absolute atomic E-state index is 0.902. The maximum absolute atomic E-state index is 4.41. The molecule has 0 spiro atoms. The van der Waals surface area contributed by atoms with E-state index in [9.17, 15) is 0 Å². The zero-order valence-electron chi connectivity index (χ0n) is 8.60. The van der Waals surface area contributed by atoms with Crippen LogP contribution in [0.15, 0.2) is 30.6 Å². The Morgan fingerprint density at radius 3 is 2.87 bits per heavy atom. The molecule has 0 saturated heterocycles. The predicted molar refractivity (Wildman–Crippen MR) is 62.7 cm³/mol. The van der Waals surface area contributed by atoms with E-state index in [1.54, 1.807) is 23.9 Å². The summed E-state index contributed by atoms with van der Waals surface area (Å²) in [6.07, 6.45) is 3.58. The van der Waals surface area contributed by atoms with Gasteiger partial charge in [-0.15, -0.1) is 0 Å². The third kappa shape index (κ3) is 2.61. The minimum Gasteiger partial charge on any atom is -0.312 e. The van der Waals surface area contributed by atoms with E-state index in [1.165, 1.54) is 4.88 Å². The van der Waals surface area contributed by atoms with Crippen molar-refractivity contribution in [1.29, 1.82) is 0 Å². The van der Waals surface area contributed by atoms with E-state index in [1.807, 2.05) is 12.1 Å². The zero-order chi connectivity index (χ0) is 10.5. The number of hydrogen-bond donors (Lipinski definition) is 1. The fraction of sp³-hybridized carbons (Fsp3) is 0.273. The average Bonchev–Trinajstić information content (AvgIpc) is 2.76. The Hall–Kier alpha value is -1.26. The highest BCUT2D eigenvalue weighted by molar-refractivity contribution is 7.06. The van der Waals surface area contributed by atoms with Crippen molar-refractivity contribution < 1.29 is 0 Å². The van der Waals surface area contributed by atoms with Crippen LogP contribution < -0.4 is 5.32 Å². The van der Waals surface area contributed by atoms with Crippen molar-refractivity contribution in [2.24, 2.45) is 0 Å². The lowest BCUT2D eigenvalue weighted by atomic mass is 10.2. The molecule has 0 fully saturated rings. The Balaban J connectivity index is 2.14. The summed E-state index contributed by atoms with van der Waals surface area (Å²) in [7, 11) is 0. The molecule has 4 heteroatoms. The van der Waals surface area contributed by atoms with Crippen molar-refractivity contribution in [2.75, 3.05) is 6.54 Å². The van der Waals surface area contributed by atoms with Gasteiger partial charge in [-0.2, -0.15) is 4.37 Å². The van der Waals surface area contributed by atoms with Crippen LogP contribution in [0.3, 0.4) is 0 Å². The van der Waals surface area contributed by atoms with Gasteiger partial charge in [0, 0.05) is 29.4 Å². The number of nitrogens with zero attached hydrogens (tertiary/aromatic N) is 2. The summed E-state index contributed by atoms with van der Waals surface area (Å²) in [5, 5.41) is 3.29. The molecule has 0 saturated carbocycles. The third-order valence-electron chi connectivity index (χ3n) is 2.08. The number of rotatable bonds is 4. The van der Waals surface area contributed by atoms with Gasteiger partial charge in [-0.3, -0.25) is 4.98 Å². The monoisotopic (exact) mass is 219 g/mol. The van der Waals surface area contributed by atoms with E-state index in [2.05, 4.69) is 27.7 Å². The van der Waals surface area contributed by atoms with Crippen LogP contribution >= 0.6 is 11.5 Å². The zero-order valence-corrected chi connectivity index (χ0v) is 9.42. The summed E-state index contributed by atoms with van der Waals surface area (Å²) < 4.78 is 4.41. The van der Waals surface area contributed by atoms with Crippen LogP contribution in [0.5, 0.6) is 0 Å². The topological polar surface area (TPSA) is 37.8 Å². The lowest BCUT2D eigenvalue weighted by Crippen LogP contribution is -2.10. The first-order valence-electron chi connectivity index (χ1n) is 4.97.